The number of aromatic nitrogens is 1. The first-order valence-corrected chi connectivity index (χ1v) is 9.75. The Labute approximate surface area is 161 Å². The van der Waals surface area contributed by atoms with Crippen LogP contribution in [-0.2, 0) is 4.74 Å². The van der Waals surface area contributed by atoms with E-state index in [0.29, 0.717) is 36.0 Å². The van der Waals surface area contributed by atoms with Gasteiger partial charge in [0.05, 0.1) is 23.4 Å². The van der Waals surface area contributed by atoms with Gasteiger partial charge in [0, 0.05) is 31.7 Å². The van der Waals surface area contributed by atoms with Crippen molar-refractivity contribution in [2.24, 2.45) is 0 Å². The van der Waals surface area contributed by atoms with Crippen molar-refractivity contribution in [1.82, 2.24) is 9.88 Å². The number of halogens is 1. The lowest BCUT2D eigenvalue weighted by Gasteiger charge is -2.29. The molecule has 1 aromatic heterocycles. The minimum Gasteiger partial charge on any atom is -0.379 e. The number of hydrogen-bond donors (Lipinski definition) is 0. The molecule has 0 saturated carbocycles. The highest BCUT2D eigenvalue weighted by atomic mass is 32.1. The summed E-state index contributed by atoms with van der Waals surface area (Å²) in [4.78, 5) is 21.7. The maximum Gasteiger partial charge on any atom is 0.260 e. The van der Waals surface area contributed by atoms with Crippen LogP contribution in [0.3, 0.4) is 0 Å². The zero-order valence-corrected chi connectivity index (χ0v) is 15.6. The summed E-state index contributed by atoms with van der Waals surface area (Å²) >= 11 is 1.34. The van der Waals surface area contributed by atoms with Crippen molar-refractivity contribution < 1.29 is 13.9 Å². The second-order valence-electron chi connectivity index (χ2n) is 6.39. The fraction of sp³-hybridized carbons (Fsp3) is 0.300. The molecule has 3 aromatic rings. The van der Waals surface area contributed by atoms with Gasteiger partial charge < -0.3 is 4.74 Å². The van der Waals surface area contributed by atoms with E-state index in [9.17, 15) is 9.18 Å². The van der Waals surface area contributed by atoms with E-state index in [1.54, 1.807) is 23.1 Å². The number of hydrogen-bond acceptors (Lipinski definition) is 5. The van der Waals surface area contributed by atoms with Gasteiger partial charge in [0.25, 0.3) is 5.91 Å². The van der Waals surface area contributed by atoms with Crippen molar-refractivity contribution in [2.45, 2.75) is 0 Å². The number of morpholine rings is 1. The first-order chi connectivity index (χ1) is 13.2. The molecule has 1 amide bonds. The van der Waals surface area contributed by atoms with Crippen LogP contribution in [0.25, 0.3) is 10.2 Å². The molecular formula is C20H20FN3O2S. The predicted molar refractivity (Wildman–Crippen MR) is 105 cm³/mol. The van der Waals surface area contributed by atoms with Crippen LogP contribution in [0.15, 0.2) is 48.5 Å². The Morgan fingerprint density at radius 1 is 1.19 bits per heavy atom. The van der Waals surface area contributed by atoms with Crippen molar-refractivity contribution in [1.29, 1.82) is 0 Å². The summed E-state index contributed by atoms with van der Waals surface area (Å²) in [6.07, 6.45) is 0. The van der Waals surface area contributed by atoms with E-state index < -0.39 is 0 Å². The van der Waals surface area contributed by atoms with Crippen LogP contribution in [0.5, 0.6) is 0 Å². The monoisotopic (exact) mass is 385 g/mol. The topological polar surface area (TPSA) is 45.7 Å². The average Bonchev–Trinajstić information content (AvgIpc) is 3.12. The van der Waals surface area contributed by atoms with Crippen molar-refractivity contribution >= 4 is 32.6 Å². The lowest BCUT2D eigenvalue weighted by molar-refractivity contribution is 0.0391. The molecule has 0 bridgehead atoms. The molecule has 2 aromatic carbocycles. The maximum absolute atomic E-state index is 13.5. The summed E-state index contributed by atoms with van der Waals surface area (Å²) in [5, 5.41) is 0.595. The van der Waals surface area contributed by atoms with Crippen LogP contribution in [0, 0.1) is 5.82 Å². The van der Waals surface area contributed by atoms with Gasteiger partial charge in [-0.15, -0.1) is 0 Å². The zero-order chi connectivity index (χ0) is 18.6. The quantitative estimate of drug-likeness (QED) is 0.675. The molecule has 0 unspecified atom stereocenters. The number of thiazole rings is 1. The Balaban J connectivity index is 1.62. The van der Waals surface area contributed by atoms with Crippen LogP contribution in [0.4, 0.5) is 9.52 Å². The second-order valence-corrected chi connectivity index (χ2v) is 7.39. The molecule has 1 aliphatic heterocycles. The van der Waals surface area contributed by atoms with Crippen LogP contribution in [-0.4, -0.2) is 55.2 Å². The third-order valence-electron chi connectivity index (χ3n) is 4.58. The van der Waals surface area contributed by atoms with E-state index >= 15 is 0 Å². The second kappa shape index (κ2) is 8.12. The third-order valence-corrected chi connectivity index (χ3v) is 5.62. The van der Waals surface area contributed by atoms with Crippen molar-refractivity contribution in [3.8, 4) is 0 Å². The highest BCUT2D eigenvalue weighted by Crippen LogP contribution is 2.30. The Kier molecular flexibility index (Phi) is 5.42. The van der Waals surface area contributed by atoms with E-state index in [4.69, 9.17) is 4.74 Å². The third kappa shape index (κ3) is 4.16. The van der Waals surface area contributed by atoms with Gasteiger partial charge in [0.15, 0.2) is 5.13 Å². The van der Waals surface area contributed by atoms with Crippen molar-refractivity contribution in [2.75, 3.05) is 44.3 Å². The molecule has 140 valence electrons. The Hall–Kier alpha value is -2.35. The minimum atomic E-state index is -0.299. The first-order valence-electron chi connectivity index (χ1n) is 8.94. The summed E-state index contributed by atoms with van der Waals surface area (Å²) in [6.45, 7) is 4.42. The van der Waals surface area contributed by atoms with Crippen molar-refractivity contribution in [3.63, 3.8) is 0 Å². The molecule has 2 heterocycles. The van der Waals surface area contributed by atoms with Crippen LogP contribution < -0.4 is 4.90 Å². The van der Waals surface area contributed by atoms with Gasteiger partial charge in [-0.25, -0.2) is 9.37 Å². The normalized spacial score (nSPS) is 15.1. The fourth-order valence-corrected chi connectivity index (χ4v) is 4.10. The van der Waals surface area contributed by atoms with Gasteiger partial charge in [-0.3, -0.25) is 14.6 Å². The highest BCUT2D eigenvalue weighted by molar-refractivity contribution is 7.22. The van der Waals surface area contributed by atoms with E-state index in [1.165, 1.54) is 23.5 Å². The number of carbonyl (C=O) groups is 1. The number of fused-ring (bicyclic) bond motifs is 1. The molecule has 0 atom stereocenters. The lowest BCUT2D eigenvalue weighted by atomic mass is 10.2. The van der Waals surface area contributed by atoms with Crippen LogP contribution in [0.2, 0.25) is 0 Å². The molecule has 5 nitrogen and oxygen atoms in total. The van der Waals surface area contributed by atoms with Crippen LogP contribution in [0.1, 0.15) is 10.4 Å². The summed E-state index contributed by atoms with van der Waals surface area (Å²) in [7, 11) is 0. The molecule has 7 heteroatoms. The van der Waals surface area contributed by atoms with Crippen LogP contribution >= 0.6 is 11.3 Å². The van der Waals surface area contributed by atoms with Gasteiger partial charge in [-0.2, -0.15) is 0 Å². The number of rotatable bonds is 5. The molecule has 0 spiro atoms. The molecule has 0 N–H and O–H groups in total. The Morgan fingerprint density at radius 2 is 1.96 bits per heavy atom. The number of carbonyl (C=O) groups excluding carboxylic acids is 1. The van der Waals surface area contributed by atoms with E-state index in [-0.39, 0.29) is 11.7 Å². The van der Waals surface area contributed by atoms with Gasteiger partial charge >= 0.3 is 0 Å². The lowest BCUT2D eigenvalue weighted by Crippen LogP contribution is -2.43. The molecule has 1 fully saturated rings. The Morgan fingerprint density at radius 3 is 2.74 bits per heavy atom. The number of benzene rings is 2. The number of nitrogens with zero attached hydrogens (tertiary/aromatic N) is 3. The zero-order valence-electron chi connectivity index (χ0n) is 14.8. The number of anilines is 1. The molecule has 27 heavy (non-hydrogen) atoms. The predicted octanol–water partition coefficient (Wildman–Crippen LogP) is 3.41. The molecule has 1 saturated heterocycles. The largest absolute Gasteiger partial charge is 0.379 e. The van der Waals surface area contributed by atoms with E-state index in [1.807, 2.05) is 18.2 Å². The molecular weight excluding hydrogens is 365 g/mol. The summed E-state index contributed by atoms with van der Waals surface area (Å²) < 4.78 is 19.7. The first kappa shape index (κ1) is 18.0. The SMILES string of the molecule is O=C(c1ccccc1)N(CCN1CCOCC1)c1nc2ccc(F)cc2s1. The maximum atomic E-state index is 13.5. The molecule has 0 radical (unpaired) electrons. The van der Waals surface area contributed by atoms with E-state index in [2.05, 4.69) is 9.88 Å². The van der Waals surface area contributed by atoms with Gasteiger partial charge in [-0.05, 0) is 30.3 Å². The fourth-order valence-electron chi connectivity index (χ4n) is 3.09. The number of amides is 1. The highest BCUT2D eigenvalue weighted by Gasteiger charge is 2.22. The van der Waals surface area contributed by atoms with Gasteiger partial charge in [0.1, 0.15) is 5.82 Å². The smallest absolute Gasteiger partial charge is 0.260 e. The van der Waals surface area contributed by atoms with E-state index in [0.717, 1.165) is 24.3 Å². The summed E-state index contributed by atoms with van der Waals surface area (Å²) in [5.41, 5.74) is 1.32. The molecule has 4 rings (SSSR count). The molecule has 0 aliphatic carbocycles. The minimum absolute atomic E-state index is 0.0941. The summed E-state index contributed by atoms with van der Waals surface area (Å²) in [5.74, 6) is -0.393. The summed E-state index contributed by atoms with van der Waals surface area (Å²) in [6, 6.07) is 13.7. The molecule has 1 aliphatic rings. The standard InChI is InChI=1S/C20H20FN3O2S/c21-16-6-7-17-18(14-16)27-20(22-17)24(9-8-23-10-12-26-13-11-23)19(25)15-4-2-1-3-5-15/h1-7,14H,8-13H2. The Bertz CT molecular complexity index is 925. The van der Waals surface area contributed by atoms with Gasteiger partial charge in [-0.1, -0.05) is 29.5 Å². The van der Waals surface area contributed by atoms with Gasteiger partial charge in [0.2, 0.25) is 0 Å². The van der Waals surface area contributed by atoms with Crippen molar-refractivity contribution in [3.05, 3.63) is 59.9 Å². The average molecular weight is 385 g/mol. The number of ether oxygens (including phenoxy) is 1.